The van der Waals surface area contributed by atoms with E-state index in [-0.39, 0.29) is 11.8 Å². The Hall–Kier alpha value is -0.400. The van der Waals surface area contributed by atoms with E-state index in [1.807, 2.05) is 6.92 Å². The number of amides is 1. The summed E-state index contributed by atoms with van der Waals surface area (Å²) in [6, 6.07) is 1.70. The van der Waals surface area contributed by atoms with Gasteiger partial charge >= 0.3 is 5.97 Å². The third kappa shape index (κ3) is 2.94. The maximum atomic E-state index is 12.4. The molecule has 2 atom stereocenters. The van der Waals surface area contributed by atoms with E-state index in [0.717, 1.165) is 23.0 Å². The van der Waals surface area contributed by atoms with Crippen molar-refractivity contribution in [2.24, 2.45) is 5.92 Å². The second-order valence-electron chi connectivity index (χ2n) is 5.12. The van der Waals surface area contributed by atoms with Crippen LogP contribution in [0.4, 0.5) is 0 Å². The summed E-state index contributed by atoms with van der Waals surface area (Å²) in [5.41, 5.74) is -0.677. The minimum Gasteiger partial charge on any atom is -0.479 e. The highest BCUT2D eigenvalue weighted by Gasteiger charge is 2.46. The van der Waals surface area contributed by atoms with Crippen molar-refractivity contribution in [1.29, 1.82) is 0 Å². The molecule has 2 N–H and O–H groups in total. The molecule has 0 saturated heterocycles. The van der Waals surface area contributed by atoms with Crippen molar-refractivity contribution in [1.82, 2.24) is 5.32 Å². The van der Waals surface area contributed by atoms with Gasteiger partial charge in [0, 0.05) is 0 Å². The summed E-state index contributed by atoms with van der Waals surface area (Å²) in [5.74, 6) is -1.35. The molecule has 0 aliphatic heterocycles. The molecular formula is C13H15Br2NO3S. The van der Waals surface area contributed by atoms with E-state index in [0.29, 0.717) is 15.8 Å². The number of carboxylic acid groups (broad SMARTS) is 1. The van der Waals surface area contributed by atoms with Gasteiger partial charge in [0.15, 0.2) is 0 Å². The Morgan fingerprint density at radius 3 is 2.65 bits per heavy atom. The van der Waals surface area contributed by atoms with Crippen LogP contribution in [0, 0.1) is 5.92 Å². The average molecular weight is 425 g/mol. The lowest BCUT2D eigenvalue weighted by Crippen LogP contribution is -2.60. The van der Waals surface area contributed by atoms with Gasteiger partial charge in [-0.2, -0.15) is 0 Å². The number of carbonyl (C=O) groups is 2. The molecular weight excluding hydrogens is 410 g/mol. The molecule has 1 aromatic heterocycles. The van der Waals surface area contributed by atoms with Crippen LogP contribution in [0.1, 0.15) is 43.0 Å². The van der Waals surface area contributed by atoms with Gasteiger partial charge in [-0.15, -0.1) is 11.3 Å². The van der Waals surface area contributed by atoms with Crippen molar-refractivity contribution >= 4 is 55.1 Å². The standard InChI is InChI=1S/C13H15Br2NO3S/c1-7-4-2-3-5-13(7,12(18)19)16-11(17)8-6-9(14)20-10(8)15/h6-7H,2-5H2,1H3,(H,16,17)(H,18,19). The fourth-order valence-electron chi connectivity index (χ4n) is 2.67. The predicted octanol–water partition coefficient (Wildman–Crippen LogP) is 4.04. The number of thiophene rings is 1. The zero-order valence-corrected chi connectivity index (χ0v) is 14.9. The molecule has 0 radical (unpaired) electrons. The highest BCUT2D eigenvalue weighted by atomic mass is 79.9. The topological polar surface area (TPSA) is 66.4 Å². The summed E-state index contributed by atoms with van der Waals surface area (Å²) in [4.78, 5) is 24.1. The van der Waals surface area contributed by atoms with Crippen LogP contribution < -0.4 is 5.32 Å². The third-order valence-electron chi connectivity index (χ3n) is 3.92. The number of carboxylic acids is 1. The molecule has 1 amide bonds. The first kappa shape index (κ1) is 16.0. The Labute approximate surface area is 138 Å². The summed E-state index contributed by atoms with van der Waals surface area (Å²) >= 11 is 8.05. The van der Waals surface area contributed by atoms with Crippen LogP contribution in [-0.2, 0) is 4.79 Å². The smallest absolute Gasteiger partial charge is 0.329 e. The van der Waals surface area contributed by atoms with Crippen molar-refractivity contribution in [3.63, 3.8) is 0 Å². The molecule has 0 bridgehead atoms. The Bertz CT molecular complexity index is 546. The molecule has 1 heterocycles. The van der Waals surface area contributed by atoms with Gasteiger partial charge in [0.25, 0.3) is 5.91 Å². The quantitative estimate of drug-likeness (QED) is 0.769. The monoisotopic (exact) mass is 423 g/mol. The zero-order valence-electron chi connectivity index (χ0n) is 10.9. The maximum absolute atomic E-state index is 12.4. The lowest BCUT2D eigenvalue weighted by atomic mass is 9.73. The molecule has 110 valence electrons. The number of rotatable bonds is 3. The number of halogens is 2. The lowest BCUT2D eigenvalue weighted by Gasteiger charge is -2.39. The van der Waals surface area contributed by atoms with Gasteiger partial charge in [-0.1, -0.05) is 19.8 Å². The molecule has 0 aromatic carbocycles. The van der Waals surface area contributed by atoms with E-state index in [1.54, 1.807) is 6.07 Å². The SMILES string of the molecule is CC1CCCCC1(NC(=O)c1cc(Br)sc1Br)C(=O)O. The van der Waals surface area contributed by atoms with Crippen molar-refractivity contribution in [2.75, 3.05) is 0 Å². The van der Waals surface area contributed by atoms with Crippen LogP contribution in [0.3, 0.4) is 0 Å². The molecule has 1 aliphatic carbocycles. The van der Waals surface area contributed by atoms with E-state index in [4.69, 9.17) is 0 Å². The highest BCUT2D eigenvalue weighted by Crippen LogP contribution is 2.36. The summed E-state index contributed by atoms with van der Waals surface area (Å²) in [5, 5.41) is 12.4. The second kappa shape index (κ2) is 6.15. The molecule has 0 spiro atoms. The number of hydrogen-bond donors (Lipinski definition) is 2. The van der Waals surface area contributed by atoms with Gasteiger partial charge in [0.2, 0.25) is 0 Å². The summed E-state index contributed by atoms with van der Waals surface area (Å²) in [6.45, 7) is 1.89. The van der Waals surface area contributed by atoms with E-state index in [9.17, 15) is 14.7 Å². The first-order chi connectivity index (χ1) is 9.36. The Balaban J connectivity index is 2.27. The van der Waals surface area contributed by atoms with Crippen LogP contribution in [0.25, 0.3) is 0 Å². The highest BCUT2D eigenvalue weighted by molar-refractivity contribution is 9.12. The number of hydrogen-bond acceptors (Lipinski definition) is 3. The van der Waals surface area contributed by atoms with Gasteiger partial charge < -0.3 is 10.4 Å². The van der Waals surface area contributed by atoms with Gasteiger partial charge in [0.05, 0.1) is 13.1 Å². The molecule has 20 heavy (non-hydrogen) atoms. The van der Waals surface area contributed by atoms with Crippen molar-refractivity contribution in [2.45, 2.75) is 38.1 Å². The number of carbonyl (C=O) groups excluding carboxylic acids is 1. The van der Waals surface area contributed by atoms with Crippen molar-refractivity contribution in [3.8, 4) is 0 Å². The molecule has 1 saturated carbocycles. The molecule has 4 nitrogen and oxygen atoms in total. The molecule has 2 rings (SSSR count). The summed E-state index contributed by atoms with van der Waals surface area (Å²) in [6.07, 6.45) is 3.14. The minimum absolute atomic E-state index is 0.0708. The summed E-state index contributed by atoms with van der Waals surface area (Å²) in [7, 11) is 0. The first-order valence-corrected chi connectivity index (χ1v) is 8.78. The first-order valence-electron chi connectivity index (χ1n) is 6.37. The van der Waals surface area contributed by atoms with Crippen LogP contribution in [0.15, 0.2) is 13.6 Å². The molecule has 1 fully saturated rings. The van der Waals surface area contributed by atoms with Crippen LogP contribution >= 0.6 is 43.2 Å². The van der Waals surface area contributed by atoms with Gasteiger partial charge in [-0.25, -0.2) is 4.79 Å². The maximum Gasteiger partial charge on any atom is 0.329 e. The van der Waals surface area contributed by atoms with Crippen LogP contribution in [-0.4, -0.2) is 22.5 Å². The van der Waals surface area contributed by atoms with Crippen molar-refractivity contribution < 1.29 is 14.7 Å². The van der Waals surface area contributed by atoms with E-state index in [1.165, 1.54) is 11.3 Å². The fourth-order valence-corrected chi connectivity index (χ4v) is 5.46. The number of aliphatic carboxylic acids is 1. The largest absolute Gasteiger partial charge is 0.479 e. The van der Waals surface area contributed by atoms with Gasteiger partial charge in [0.1, 0.15) is 5.54 Å². The Morgan fingerprint density at radius 1 is 1.45 bits per heavy atom. The average Bonchev–Trinajstić information content (AvgIpc) is 2.71. The molecule has 7 heteroatoms. The van der Waals surface area contributed by atoms with Gasteiger partial charge in [-0.3, -0.25) is 4.79 Å². The fraction of sp³-hybridized carbons (Fsp3) is 0.538. The van der Waals surface area contributed by atoms with Crippen LogP contribution in [0.2, 0.25) is 0 Å². The number of nitrogens with one attached hydrogen (secondary N) is 1. The van der Waals surface area contributed by atoms with E-state index in [2.05, 4.69) is 37.2 Å². The lowest BCUT2D eigenvalue weighted by molar-refractivity contribution is -0.148. The summed E-state index contributed by atoms with van der Waals surface area (Å²) < 4.78 is 1.53. The van der Waals surface area contributed by atoms with Crippen LogP contribution in [0.5, 0.6) is 0 Å². The normalized spacial score (nSPS) is 26.2. The zero-order chi connectivity index (χ0) is 14.9. The third-order valence-corrected chi connectivity index (χ3v) is 6.26. The second-order valence-corrected chi connectivity index (χ2v) is 8.86. The molecule has 1 aromatic rings. The van der Waals surface area contributed by atoms with E-state index >= 15 is 0 Å². The Kier molecular flexibility index (Phi) is 4.92. The molecule has 1 aliphatic rings. The Morgan fingerprint density at radius 2 is 2.15 bits per heavy atom. The predicted molar refractivity (Wildman–Crippen MR) is 85.2 cm³/mol. The van der Waals surface area contributed by atoms with Gasteiger partial charge in [-0.05, 0) is 56.7 Å². The van der Waals surface area contributed by atoms with E-state index < -0.39 is 11.5 Å². The minimum atomic E-state index is -1.15. The molecule has 2 unspecified atom stereocenters. The van der Waals surface area contributed by atoms with Crippen molar-refractivity contribution in [3.05, 3.63) is 19.2 Å².